The van der Waals surface area contributed by atoms with Crippen molar-refractivity contribution in [2.45, 2.75) is 328 Å². The van der Waals surface area contributed by atoms with E-state index in [2.05, 4.69) is 215 Å². The van der Waals surface area contributed by atoms with Gasteiger partial charge in [-0.05, 0) is 207 Å². The van der Waals surface area contributed by atoms with Crippen LogP contribution in [-0.2, 0) is 44.9 Å². The van der Waals surface area contributed by atoms with Gasteiger partial charge in [0.15, 0.2) is 0 Å². The van der Waals surface area contributed by atoms with Crippen LogP contribution in [0.1, 0.15) is 343 Å². The minimum Gasteiger partial charge on any atom is -0.306 e. The van der Waals surface area contributed by atoms with Crippen molar-refractivity contribution in [1.29, 1.82) is 0 Å². The summed E-state index contributed by atoms with van der Waals surface area (Å²) < 4.78 is 2.74. The van der Waals surface area contributed by atoms with Gasteiger partial charge in [0.2, 0.25) is 0 Å². The van der Waals surface area contributed by atoms with E-state index < -0.39 is 0 Å². The highest BCUT2D eigenvalue weighted by atomic mass is 32.1. The van der Waals surface area contributed by atoms with Gasteiger partial charge in [-0.1, -0.05) is 276 Å². The molecular formula is C114H146N4O4S10. The van der Waals surface area contributed by atoms with E-state index in [9.17, 15) is 0 Å². The largest absolute Gasteiger partial charge is 0.306 e. The van der Waals surface area contributed by atoms with Crippen LogP contribution in [0.5, 0.6) is 0 Å². The highest BCUT2D eigenvalue weighted by molar-refractivity contribution is 7.31. The summed E-state index contributed by atoms with van der Waals surface area (Å²) in [5, 5.41) is 6.88. The number of carbonyl (C=O) groups excluding carboxylic acids is 4. The molecule has 11 aromatic rings. The Bertz CT molecular complexity index is 5440. The second-order valence-electron chi connectivity index (χ2n) is 38.3. The maximum atomic E-state index is 15.8. The van der Waals surface area contributed by atoms with Crippen LogP contribution in [0, 0.1) is 35.5 Å². The third kappa shape index (κ3) is 21.8. The minimum absolute atomic E-state index is 0.0186. The Kier molecular flexibility index (Phi) is 36.2. The Hall–Kier alpha value is -6.42. The lowest BCUT2D eigenvalue weighted by Crippen LogP contribution is -2.34. The molecule has 0 aliphatic carbocycles. The number of unbranched alkanes of at least 4 members (excludes halogenated alkanes) is 12. The third-order valence-corrected chi connectivity index (χ3v) is 40.6. The van der Waals surface area contributed by atoms with Crippen LogP contribution >= 0.6 is 113 Å². The monoisotopic (exact) mass is 1950 g/mol. The van der Waals surface area contributed by atoms with Gasteiger partial charge in [0.25, 0.3) is 23.6 Å². The predicted molar refractivity (Wildman–Crippen MR) is 583 cm³/mol. The first-order valence-electron chi connectivity index (χ1n) is 51.5. The average Bonchev–Trinajstić information content (AvgIpc) is 1.56. The van der Waals surface area contributed by atoms with Gasteiger partial charge in [-0.25, -0.2) is 0 Å². The molecule has 15 rings (SSSR count). The lowest BCUT2D eigenvalue weighted by atomic mass is 9.95. The fourth-order valence-electron chi connectivity index (χ4n) is 20.8. The van der Waals surface area contributed by atoms with Crippen molar-refractivity contribution in [3.8, 4) is 59.9 Å². The van der Waals surface area contributed by atoms with Gasteiger partial charge in [-0.2, -0.15) is 0 Å². The van der Waals surface area contributed by atoms with E-state index in [1.807, 2.05) is 77.8 Å². The average molecular weight is 1960 g/mol. The van der Waals surface area contributed by atoms with Gasteiger partial charge in [-0.3, -0.25) is 19.2 Å². The van der Waals surface area contributed by atoms with Gasteiger partial charge < -0.3 is 19.6 Å². The summed E-state index contributed by atoms with van der Waals surface area (Å²) in [4.78, 5) is 91.4. The molecule has 4 amide bonds. The molecule has 6 unspecified atom stereocenters. The van der Waals surface area contributed by atoms with E-state index in [0.717, 1.165) is 184 Å². The molecule has 10 aromatic heterocycles. The maximum absolute atomic E-state index is 15.8. The lowest BCUT2D eigenvalue weighted by Gasteiger charge is -2.29. The molecular weight excluding hydrogens is 1810 g/mol. The van der Waals surface area contributed by atoms with Crippen LogP contribution in [0.15, 0.2) is 130 Å². The molecule has 6 atom stereocenters. The number of aryl methyl sites for hydroxylation is 2. The number of thiophene rings is 10. The summed E-state index contributed by atoms with van der Waals surface area (Å²) in [5.41, 5.74) is 11.2. The van der Waals surface area contributed by atoms with E-state index in [1.165, 1.54) is 191 Å². The molecule has 132 heavy (non-hydrogen) atoms. The number of benzene rings is 1. The summed E-state index contributed by atoms with van der Waals surface area (Å²) in [7, 11) is 0. The standard InChI is InChI=1S/C114H146N4O4S10/c1-15-29-37-39-49-79-65-93(85-57-59-91(127-85)105-101-99(111(119)117(105)71-77(27-13)47-35-21-7)103(89-51-41-61-123-89)115(113(101)121)69-75(25-11)45-33-19-5)129-107(79)95-67-83-97(87-55-53-81(125-87)63-73(23-9)43-31-17-3)110-84(98(109(83)131-95)88-56-54-82(126-88)64-74(24-10)44-32-18-4)68-96(132-110)108-80(50-40-38-30-16-2)66-94(130-108)86-58-60-92(128-86)106-102-100(112(120)118(106)72-78(28-14)48-36-22-8)104(90-52-42-62-124-90)116(114(102)122)70-76(26-12)46-34-20-6/h41-42,51-62,65-68,73-78H,15-40,43-50,63-64,69-72H2,1-14H3. The van der Waals surface area contributed by atoms with Crippen molar-refractivity contribution >= 4 is 180 Å². The van der Waals surface area contributed by atoms with Gasteiger partial charge >= 0.3 is 0 Å². The molecule has 18 heteroatoms. The Morgan fingerprint density at radius 2 is 0.568 bits per heavy atom. The molecule has 0 spiro atoms. The number of nitrogens with zero attached hydrogens (tertiary/aromatic N) is 4. The number of amides is 4. The van der Waals surface area contributed by atoms with Crippen molar-refractivity contribution in [2.24, 2.45) is 35.5 Å². The lowest BCUT2D eigenvalue weighted by molar-refractivity contribution is -0.124. The molecule has 4 aliphatic heterocycles. The topological polar surface area (TPSA) is 81.2 Å². The van der Waals surface area contributed by atoms with Gasteiger partial charge in [0.1, 0.15) is 0 Å². The van der Waals surface area contributed by atoms with Crippen LogP contribution in [0.2, 0.25) is 0 Å². The van der Waals surface area contributed by atoms with Gasteiger partial charge in [0, 0.05) is 116 Å². The zero-order chi connectivity index (χ0) is 92.6. The Labute approximate surface area is 831 Å². The third-order valence-electron chi connectivity index (χ3n) is 29.0. The number of hydrogen-bond acceptors (Lipinski definition) is 14. The molecule has 706 valence electrons. The Balaban J connectivity index is 0.905. The van der Waals surface area contributed by atoms with Crippen molar-refractivity contribution in [2.75, 3.05) is 26.2 Å². The van der Waals surface area contributed by atoms with Crippen LogP contribution in [-0.4, -0.2) is 69.4 Å². The summed E-state index contributed by atoms with van der Waals surface area (Å²) >= 11 is 18.9. The molecule has 8 nitrogen and oxygen atoms in total. The molecule has 0 saturated carbocycles. The number of hydrogen-bond donors (Lipinski definition) is 0. The first-order chi connectivity index (χ1) is 64.5. The van der Waals surface area contributed by atoms with Crippen molar-refractivity contribution in [1.82, 2.24) is 19.6 Å². The van der Waals surface area contributed by atoms with Crippen LogP contribution in [0.3, 0.4) is 0 Å². The fourth-order valence-corrected chi connectivity index (χ4v) is 32.3. The molecule has 0 radical (unpaired) electrons. The molecule has 4 aliphatic rings. The Morgan fingerprint density at radius 1 is 0.265 bits per heavy atom. The number of carbonyl (C=O) groups is 4. The van der Waals surface area contributed by atoms with E-state index in [-0.39, 0.29) is 23.6 Å². The molecule has 14 heterocycles. The van der Waals surface area contributed by atoms with Crippen LogP contribution < -0.4 is 0 Å². The second kappa shape index (κ2) is 47.8. The van der Waals surface area contributed by atoms with E-state index in [0.29, 0.717) is 84.0 Å². The van der Waals surface area contributed by atoms with Crippen molar-refractivity contribution < 1.29 is 19.2 Å². The number of rotatable bonds is 56. The van der Waals surface area contributed by atoms with Gasteiger partial charge in [0.05, 0.1) is 64.6 Å². The van der Waals surface area contributed by atoms with Crippen LogP contribution in [0.4, 0.5) is 0 Å². The van der Waals surface area contributed by atoms with Gasteiger partial charge in [-0.15, -0.1) is 113 Å². The molecule has 1 aromatic carbocycles. The fraction of sp³-hybridized carbons (Fsp3) is 0.526. The zero-order valence-electron chi connectivity index (χ0n) is 81.6. The summed E-state index contributed by atoms with van der Waals surface area (Å²) in [6.07, 6.45) is 40.2. The maximum Gasteiger partial charge on any atom is 0.261 e. The zero-order valence-corrected chi connectivity index (χ0v) is 89.8. The normalized spacial score (nSPS) is 15.8. The second-order valence-corrected chi connectivity index (χ2v) is 48.9. The van der Waals surface area contributed by atoms with Crippen molar-refractivity contribution in [3.63, 3.8) is 0 Å². The van der Waals surface area contributed by atoms with E-state index in [4.69, 9.17) is 0 Å². The molecule has 0 bridgehead atoms. The van der Waals surface area contributed by atoms with Crippen molar-refractivity contribution in [3.05, 3.63) is 171 Å². The predicted octanol–water partition coefficient (Wildman–Crippen LogP) is 36.9. The first kappa shape index (κ1) is 100. The van der Waals surface area contributed by atoms with E-state index >= 15 is 19.2 Å². The summed E-state index contributed by atoms with van der Waals surface area (Å²) in [5.74, 6) is 2.47. The smallest absolute Gasteiger partial charge is 0.261 e. The number of fused-ring (bicyclic) bond motifs is 4. The minimum atomic E-state index is -0.0186. The Morgan fingerprint density at radius 3 is 0.871 bits per heavy atom. The molecule has 0 fully saturated rings. The van der Waals surface area contributed by atoms with E-state index in [1.54, 1.807) is 45.3 Å². The SMILES string of the molecule is CCCCCCc1cc(-c2ccc(C3=C4C(=O)N(CC(CC)CCCC)C(c5cccs5)=C4C(=O)N3CC(CC)CCCC)s2)sc1-c1cc2c(-c3ccc(CC(CC)CCCC)s3)c3sc(-c4sc(-c5ccc(C6=C7C(=O)N(CC(CC)CCCC)C(c8cccs8)=C7C(=O)N6CC(CC)CCCC)s5)cc4CCCCCC)cc3c(-c3ccc(CC(CC)CCCC)s3)c2s1. The first-order valence-corrected chi connectivity index (χ1v) is 59.8. The molecule has 0 N–H and O–H groups in total. The van der Waals surface area contributed by atoms with Crippen LogP contribution in [0.25, 0.3) is 103 Å². The highest BCUT2D eigenvalue weighted by Gasteiger charge is 2.52. The summed E-state index contributed by atoms with van der Waals surface area (Å²) in [6, 6.07) is 37.9. The highest BCUT2D eigenvalue weighted by Crippen LogP contribution is 2.60. The summed E-state index contributed by atoms with van der Waals surface area (Å²) in [6.45, 7) is 34.6. The quantitative estimate of drug-likeness (QED) is 0.0356. The molecule has 0 saturated heterocycles.